The first-order valence-electron chi connectivity index (χ1n) is 4.16. The number of nitro benzene ring substituents is 1. The summed E-state index contributed by atoms with van der Waals surface area (Å²) in [7, 11) is 1.53. The number of benzene rings is 1. The van der Waals surface area contributed by atoms with E-state index in [0.29, 0.717) is 12.4 Å². The summed E-state index contributed by atoms with van der Waals surface area (Å²) in [6.45, 7) is 0.609. The average molecular weight is 195 g/mol. The Morgan fingerprint density at radius 3 is 2.86 bits per heavy atom. The van der Waals surface area contributed by atoms with Gasteiger partial charge in [0.15, 0.2) is 0 Å². The summed E-state index contributed by atoms with van der Waals surface area (Å²) in [5, 5.41) is 10.5. The third-order valence-electron chi connectivity index (χ3n) is 2.10. The van der Waals surface area contributed by atoms with Gasteiger partial charge in [-0.25, -0.2) is 0 Å². The first-order valence-corrected chi connectivity index (χ1v) is 4.16. The Labute approximate surface area is 80.4 Å². The van der Waals surface area contributed by atoms with Crippen molar-refractivity contribution in [1.29, 1.82) is 0 Å². The van der Waals surface area contributed by atoms with Crippen LogP contribution in [0.5, 0.6) is 5.75 Å². The van der Waals surface area contributed by atoms with Crippen molar-refractivity contribution in [2.45, 2.75) is 6.10 Å². The Morgan fingerprint density at radius 2 is 2.36 bits per heavy atom. The number of non-ortho nitro benzene ring substituents is 1. The van der Waals surface area contributed by atoms with Gasteiger partial charge in [0.2, 0.25) is 0 Å². The molecule has 0 spiro atoms. The summed E-state index contributed by atoms with van der Waals surface area (Å²) in [6.07, 6.45) is -0.0372. The molecule has 0 N–H and O–H groups in total. The van der Waals surface area contributed by atoms with Gasteiger partial charge in [0.25, 0.3) is 5.69 Å². The summed E-state index contributed by atoms with van der Waals surface area (Å²) in [6, 6.07) is 4.51. The average Bonchev–Trinajstić information content (AvgIpc) is 3.00. The molecule has 2 rings (SSSR count). The number of epoxide rings is 1. The van der Waals surface area contributed by atoms with E-state index in [2.05, 4.69) is 0 Å². The number of hydrogen-bond acceptors (Lipinski definition) is 4. The fourth-order valence-corrected chi connectivity index (χ4v) is 1.31. The monoisotopic (exact) mass is 195 g/mol. The third-order valence-corrected chi connectivity index (χ3v) is 2.10. The van der Waals surface area contributed by atoms with Gasteiger partial charge in [-0.15, -0.1) is 0 Å². The second-order valence-electron chi connectivity index (χ2n) is 3.01. The van der Waals surface area contributed by atoms with Crippen LogP contribution in [0.25, 0.3) is 0 Å². The maximum Gasteiger partial charge on any atom is 0.270 e. The molecule has 0 radical (unpaired) electrons. The molecule has 1 fully saturated rings. The number of methoxy groups -OCH3 is 1. The molecule has 5 nitrogen and oxygen atoms in total. The SMILES string of the molecule is COc1ccc([N+](=O)[O-])cc1[C@@H]1CO1. The number of ether oxygens (including phenoxy) is 2. The van der Waals surface area contributed by atoms with Crippen LogP contribution in [-0.4, -0.2) is 18.6 Å². The molecule has 1 aliphatic heterocycles. The summed E-state index contributed by atoms with van der Waals surface area (Å²) in [5.41, 5.74) is 0.818. The molecule has 0 amide bonds. The lowest BCUT2D eigenvalue weighted by Gasteiger charge is -2.04. The lowest BCUT2D eigenvalue weighted by atomic mass is 10.1. The van der Waals surface area contributed by atoms with Crippen molar-refractivity contribution in [3.63, 3.8) is 0 Å². The van der Waals surface area contributed by atoms with E-state index in [-0.39, 0.29) is 11.8 Å². The molecule has 1 aromatic carbocycles. The highest BCUT2D eigenvalue weighted by atomic mass is 16.6. The predicted octanol–water partition coefficient (Wildman–Crippen LogP) is 1.67. The van der Waals surface area contributed by atoms with Crippen LogP contribution < -0.4 is 4.74 Å². The maximum absolute atomic E-state index is 10.5. The molecule has 74 valence electrons. The molecule has 0 aromatic heterocycles. The normalized spacial score (nSPS) is 19.1. The fraction of sp³-hybridized carbons (Fsp3) is 0.333. The van der Waals surface area contributed by atoms with Crippen LogP contribution in [0.3, 0.4) is 0 Å². The van der Waals surface area contributed by atoms with Crippen LogP contribution >= 0.6 is 0 Å². The van der Waals surface area contributed by atoms with Gasteiger partial charge < -0.3 is 9.47 Å². The Bertz CT molecular complexity index is 373. The zero-order chi connectivity index (χ0) is 10.1. The van der Waals surface area contributed by atoms with Crippen molar-refractivity contribution < 1.29 is 14.4 Å². The lowest BCUT2D eigenvalue weighted by molar-refractivity contribution is -0.385. The van der Waals surface area contributed by atoms with Gasteiger partial charge in [-0.3, -0.25) is 10.1 Å². The van der Waals surface area contributed by atoms with Gasteiger partial charge in [0.1, 0.15) is 11.9 Å². The molecule has 1 heterocycles. The minimum Gasteiger partial charge on any atom is -0.496 e. The molecule has 0 saturated carbocycles. The quantitative estimate of drug-likeness (QED) is 0.418. The summed E-state index contributed by atoms with van der Waals surface area (Å²) in [4.78, 5) is 10.1. The smallest absolute Gasteiger partial charge is 0.270 e. The molecule has 1 aliphatic rings. The van der Waals surface area contributed by atoms with E-state index in [1.807, 2.05) is 0 Å². The summed E-state index contributed by atoms with van der Waals surface area (Å²) in [5.74, 6) is 0.637. The highest BCUT2D eigenvalue weighted by Crippen LogP contribution is 2.38. The molecule has 14 heavy (non-hydrogen) atoms. The topological polar surface area (TPSA) is 64.9 Å². The van der Waals surface area contributed by atoms with Crippen LogP contribution in [0.1, 0.15) is 11.7 Å². The van der Waals surface area contributed by atoms with Crippen LogP contribution in [-0.2, 0) is 4.74 Å². The first-order chi connectivity index (χ1) is 6.72. The Hall–Kier alpha value is -1.62. The zero-order valence-corrected chi connectivity index (χ0v) is 7.60. The van der Waals surface area contributed by atoms with Crippen molar-refractivity contribution in [3.8, 4) is 5.75 Å². The highest BCUT2D eigenvalue weighted by Gasteiger charge is 2.29. The van der Waals surface area contributed by atoms with Crippen LogP contribution in [0, 0.1) is 10.1 Å². The van der Waals surface area contributed by atoms with Crippen molar-refractivity contribution in [3.05, 3.63) is 33.9 Å². The van der Waals surface area contributed by atoms with Gasteiger partial charge in [0, 0.05) is 17.7 Å². The molecule has 1 aromatic rings. The highest BCUT2D eigenvalue weighted by molar-refractivity contribution is 5.45. The zero-order valence-electron chi connectivity index (χ0n) is 7.60. The van der Waals surface area contributed by atoms with Gasteiger partial charge in [0.05, 0.1) is 18.6 Å². The van der Waals surface area contributed by atoms with E-state index < -0.39 is 4.92 Å². The molecular formula is C9H9NO4. The summed E-state index contributed by atoms with van der Waals surface area (Å²) < 4.78 is 10.1. The molecule has 0 bridgehead atoms. The Balaban J connectivity index is 2.41. The van der Waals surface area contributed by atoms with Crippen LogP contribution in [0.2, 0.25) is 0 Å². The molecule has 1 saturated heterocycles. The number of rotatable bonds is 3. The van der Waals surface area contributed by atoms with Crippen molar-refractivity contribution in [1.82, 2.24) is 0 Å². The lowest BCUT2D eigenvalue weighted by Crippen LogP contribution is -1.94. The van der Waals surface area contributed by atoms with E-state index in [4.69, 9.17) is 9.47 Å². The standard InChI is InChI=1S/C9H9NO4/c1-13-8-3-2-6(10(11)12)4-7(8)9-5-14-9/h2-4,9H,5H2,1H3/t9-/m0/s1. The molecule has 5 heteroatoms. The minimum atomic E-state index is -0.425. The predicted molar refractivity (Wildman–Crippen MR) is 48.3 cm³/mol. The van der Waals surface area contributed by atoms with Crippen molar-refractivity contribution in [2.24, 2.45) is 0 Å². The van der Waals surface area contributed by atoms with E-state index in [0.717, 1.165) is 5.56 Å². The van der Waals surface area contributed by atoms with Crippen molar-refractivity contribution >= 4 is 5.69 Å². The van der Waals surface area contributed by atoms with Crippen LogP contribution in [0.15, 0.2) is 18.2 Å². The van der Waals surface area contributed by atoms with Gasteiger partial charge in [-0.1, -0.05) is 0 Å². The molecule has 0 unspecified atom stereocenters. The van der Waals surface area contributed by atoms with Crippen molar-refractivity contribution in [2.75, 3.05) is 13.7 Å². The van der Waals surface area contributed by atoms with E-state index >= 15 is 0 Å². The van der Waals surface area contributed by atoms with Gasteiger partial charge >= 0.3 is 0 Å². The van der Waals surface area contributed by atoms with E-state index in [9.17, 15) is 10.1 Å². The third kappa shape index (κ3) is 1.54. The molecular weight excluding hydrogens is 186 g/mol. The second-order valence-corrected chi connectivity index (χ2v) is 3.01. The first kappa shape index (κ1) is 8.96. The van der Waals surface area contributed by atoms with Gasteiger partial charge in [-0.2, -0.15) is 0 Å². The number of hydrogen-bond donors (Lipinski definition) is 0. The fourth-order valence-electron chi connectivity index (χ4n) is 1.31. The Kier molecular flexibility index (Phi) is 2.09. The minimum absolute atomic E-state index is 0.0372. The van der Waals surface area contributed by atoms with Crippen LogP contribution in [0.4, 0.5) is 5.69 Å². The van der Waals surface area contributed by atoms with E-state index in [1.165, 1.54) is 19.2 Å². The summed E-state index contributed by atoms with van der Waals surface area (Å²) >= 11 is 0. The number of nitro groups is 1. The molecule has 0 aliphatic carbocycles. The molecule has 1 atom stereocenters. The van der Waals surface area contributed by atoms with E-state index in [1.54, 1.807) is 6.07 Å². The number of nitrogens with zero attached hydrogens (tertiary/aromatic N) is 1. The largest absolute Gasteiger partial charge is 0.496 e. The van der Waals surface area contributed by atoms with Gasteiger partial charge in [-0.05, 0) is 6.07 Å². The second kappa shape index (κ2) is 3.26. The maximum atomic E-state index is 10.5. The Morgan fingerprint density at radius 1 is 1.64 bits per heavy atom.